The molecule has 0 aliphatic carbocycles. The summed E-state index contributed by atoms with van der Waals surface area (Å²) in [5, 5.41) is 2.37. The van der Waals surface area contributed by atoms with Crippen LogP contribution >= 0.6 is 38.6 Å². The maximum Gasteiger partial charge on any atom is 0.289 e. The van der Waals surface area contributed by atoms with Gasteiger partial charge in [-0.05, 0) is 39.5 Å². The number of aromatic nitrogens is 1. The van der Waals surface area contributed by atoms with Crippen LogP contribution in [0.2, 0.25) is 0 Å². The third-order valence-electron chi connectivity index (χ3n) is 3.67. The van der Waals surface area contributed by atoms with E-state index in [4.69, 9.17) is 0 Å². The lowest BCUT2D eigenvalue weighted by Gasteiger charge is -2.01. The smallest absolute Gasteiger partial charge is 0.289 e. The van der Waals surface area contributed by atoms with Gasteiger partial charge in [0.1, 0.15) is 0 Å². The van der Waals surface area contributed by atoms with E-state index in [2.05, 4.69) is 45.2 Å². The Kier molecular flexibility index (Phi) is 3.67. The molecule has 3 nitrogen and oxygen atoms in total. The third kappa shape index (κ3) is 2.56. The minimum Gasteiger partial charge on any atom is -0.319 e. The van der Waals surface area contributed by atoms with Gasteiger partial charge in [-0.1, -0.05) is 41.7 Å². The Morgan fingerprint density at radius 1 is 1.09 bits per heavy atom. The summed E-state index contributed by atoms with van der Waals surface area (Å²) < 4.78 is 4.07. The summed E-state index contributed by atoms with van der Waals surface area (Å²) in [4.78, 5) is 18.0. The lowest BCUT2D eigenvalue weighted by Crippen LogP contribution is -2.12. The number of rotatable bonds is 1. The van der Waals surface area contributed by atoms with Crippen molar-refractivity contribution in [3.63, 3.8) is 0 Å². The second kappa shape index (κ2) is 5.70. The average Bonchev–Trinajstić information content (AvgIpc) is 3.12. The number of carbonyl (C=O) groups excluding carboxylic acids is 1. The number of hydrogen-bond donors (Lipinski definition) is 0. The van der Waals surface area contributed by atoms with E-state index in [1.54, 1.807) is 6.07 Å². The number of thiophene rings is 1. The highest BCUT2D eigenvalue weighted by atomic mass is 79.9. The number of hydrogen-bond acceptors (Lipinski definition) is 3. The van der Waals surface area contributed by atoms with Crippen molar-refractivity contribution in [2.75, 3.05) is 0 Å². The summed E-state index contributed by atoms with van der Waals surface area (Å²) in [6.07, 6.45) is 0. The van der Waals surface area contributed by atoms with Gasteiger partial charge < -0.3 is 4.57 Å². The number of fused-ring (bicyclic) bond motifs is 3. The van der Waals surface area contributed by atoms with Crippen molar-refractivity contribution in [3.05, 3.63) is 62.0 Å². The van der Waals surface area contributed by atoms with Crippen LogP contribution in [0.4, 0.5) is 0 Å². The summed E-state index contributed by atoms with van der Waals surface area (Å²) in [5.41, 5.74) is 1.12. The van der Waals surface area contributed by atoms with Gasteiger partial charge in [0.25, 0.3) is 5.91 Å². The van der Waals surface area contributed by atoms with E-state index in [0.29, 0.717) is 9.68 Å². The van der Waals surface area contributed by atoms with E-state index in [1.807, 2.05) is 29.8 Å². The Labute approximate surface area is 148 Å². The Bertz CT molecular complexity index is 1120. The van der Waals surface area contributed by atoms with Crippen molar-refractivity contribution < 1.29 is 4.79 Å². The molecule has 1 amide bonds. The standard InChI is InChI=1S/C17H11BrN2OS2/c1-20-15-11-5-3-2-4-10(11)6-7-12(15)23-17(20)19-16(21)13-8-9-14(18)22-13/h2-9H,1H3. The molecule has 4 rings (SSSR count). The monoisotopic (exact) mass is 402 g/mol. The average molecular weight is 403 g/mol. The van der Waals surface area contributed by atoms with Crippen molar-refractivity contribution in [1.82, 2.24) is 4.57 Å². The van der Waals surface area contributed by atoms with Crippen molar-refractivity contribution in [3.8, 4) is 0 Å². The molecular weight excluding hydrogens is 392 g/mol. The van der Waals surface area contributed by atoms with E-state index in [-0.39, 0.29) is 5.91 Å². The van der Waals surface area contributed by atoms with E-state index in [9.17, 15) is 4.79 Å². The zero-order chi connectivity index (χ0) is 16.0. The first kappa shape index (κ1) is 14.8. The predicted octanol–water partition coefficient (Wildman–Crippen LogP) is 4.96. The minimum absolute atomic E-state index is 0.202. The quantitative estimate of drug-likeness (QED) is 0.443. The van der Waals surface area contributed by atoms with Gasteiger partial charge >= 0.3 is 0 Å². The molecule has 114 valence electrons. The van der Waals surface area contributed by atoms with Crippen LogP contribution in [0.25, 0.3) is 21.0 Å². The Morgan fingerprint density at radius 2 is 1.91 bits per heavy atom. The fourth-order valence-electron chi connectivity index (χ4n) is 2.59. The molecule has 2 heterocycles. The first-order valence-electron chi connectivity index (χ1n) is 6.95. The summed E-state index contributed by atoms with van der Waals surface area (Å²) in [6.45, 7) is 0. The van der Waals surface area contributed by atoms with Crippen LogP contribution in [0, 0.1) is 0 Å². The second-order valence-corrected chi connectivity index (χ2v) is 8.57. The SMILES string of the molecule is Cn1c(=NC(=O)c2ccc(Br)s2)sc2ccc3ccccc3c21. The lowest BCUT2D eigenvalue weighted by molar-refractivity contribution is 0.100. The van der Waals surface area contributed by atoms with Gasteiger partial charge in [-0.15, -0.1) is 11.3 Å². The largest absolute Gasteiger partial charge is 0.319 e. The molecule has 4 aromatic rings. The van der Waals surface area contributed by atoms with E-state index in [1.165, 1.54) is 33.4 Å². The normalized spacial score (nSPS) is 12.3. The number of carbonyl (C=O) groups is 1. The summed E-state index contributed by atoms with van der Waals surface area (Å²) in [7, 11) is 1.96. The van der Waals surface area contributed by atoms with Crippen LogP contribution < -0.4 is 4.80 Å². The molecule has 0 radical (unpaired) electrons. The van der Waals surface area contributed by atoms with E-state index < -0.39 is 0 Å². The number of amides is 1. The van der Waals surface area contributed by atoms with Gasteiger partial charge in [-0.2, -0.15) is 4.99 Å². The maximum atomic E-state index is 12.3. The molecule has 0 unspecified atom stereocenters. The van der Waals surface area contributed by atoms with Crippen LogP contribution in [0.3, 0.4) is 0 Å². The van der Waals surface area contributed by atoms with Crippen LogP contribution in [-0.4, -0.2) is 10.5 Å². The molecule has 0 aliphatic rings. The topological polar surface area (TPSA) is 34.4 Å². The number of benzene rings is 2. The predicted molar refractivity (Wildman–Crippen MR) is 100 cm³/mol. The summed E-state index contributed by atoms with van der Waals surface area (Å²) in [5.74, 6) is -0.202. The molecule has 6 heteroatoms. The van der Waals surface area contributed by atoms with E-state index >= 15 is 0 Å². The molecule has 0 atom stereocenters. The molecule has 23 heavy (non-hydrogen) atoms. The van der Waals surface area contributed by atoms with Crippen molar-refractivity contribution in [2.24, 2.45) is 12.0 Å². The van der Waals surface area contributed by atoms with Gasteiger partial charge in [0, 0.05) is 12.4 Å². The van der Waals surface area contributed by atoms with Crippen molar-refractivity contribution in [1.29, 1.82) is 0 Å². The molecule has 0 saturated heterocycles. The number of thiazole rings is 1. The Hall–Kier alpha value is -1.76. The van der Waals surface area contributed by atoms with Crippen LogP contribution in [0.1, 0.15) is 9.67 Å². The fourth-order valence-corrected chi connectivity index (χ4v) is 4.90. The lowest BCUT2D eigenvalue weighted by atomic mass is 10.1. The van der Waals surface area contributed by atoms with Gasteiger partial charge in [0.2, 0.25) is 0 Å². The van der Waals surface area contributed by atoms with Gasteiger partial charge in [0.15, 0.2) is 4.80 Å². The van der Waals surface area contributed by atoms with Crippen LogP contribution in [-0.2, 0) is 7.05 Å². The third-order valence-corrected chi connectivity index (χ3v) is 6.38. The molecule has 0 N–H and O–H groups in total. The number of aryl methyl sites for hydroxylation is 1. The molecule has 0 spiro atoms. The molecule has 2 aromatic carbocycles. The minimum atomic E-state index is -0.202. The fraction of sp³-hybridized carbons (Fsp3) is 0.0588. The second-order valence-electron chi connectivity index (χ2n) is 5.10. The van der Waals surface area contributed by atoms with E-state index in [0.717, 1.165) is 14.0 Å². The van der Waals surface area contributed by atoms with Crippen molar-refractivity contribution >= 4 is 65.5 Å². The first-order chi connectivity index (χ1) is 11.1. The van der Waals surface area contributed by atoms with Gasteiger partial charge in [-0.3, -0.25) is 4.79 Å². The van der Waals surface area contributed by atoms with Gasteiger partial charge in [0.05, 0.1) is 18.9 Å². The zero-order valence-electron chi connectivity index (χ0n) is 12.1. The maximum absolute atomic E-state index is 12.3. The summed E-state index contributed by atoms with van der Waals surface area (Å²) >= 11 is 6.31. The number of nitrogens with zero attached hydrogens (tertiary/aromatic N) is 2. The molecular formula is C17H11BrN2OS2. The first-order valence-corrected chi connectivity index (χ1v) is 9.38. The van der Waals surface area contributed by atoms with Crippen LogP contribution in [0.5, 0.6) is 0 Å². The highest BCUT2D eigenvalue weighted by Crippen LogP contribution is 2.27. The van der Waals surface area contributed by atoms with Crippen LogP contribution in [0.15, 0.2) is 57.3 Å². The highest BCUT2D eigenvalue weighted by molar-refractivity contribution is 9.11. The number of halogens is 1. The zero-order valence-corrected chi connectivity index (χ0v) is 15.3. The molecule has 0 bridgehead atoms. The van der Waals surface area contributed by atoms with Crippen molar-refractivity contribution in [2.45, 2.75) is 0 Å². The Balaban J connectivity index is 1.94. The molecule has 0 fully saturated rings. The summed E-state index contributed by atoms with van der Waals surface area (Å²) in [6, 6.07) is 16.1. The molecule has 0 saturated carbocycles. The highest BCUT2D eigenvalue weighted by Gasteiger charge is 2.10. The molecule has 0 aliphatic heterocycles. The van der Waals surface area contributed by atoms with Gasteiger partial charge in [-0.25, -0.2) is 0 Å². The molecule has 2 aromatic heterocycles. The Morgan fingerprint density at radius 3 is 2.70 bits per heavy atom.